The summed E-state index contributed by atoms with van der Waals surface area (Å²) in [6, 6.07) is 1.48. The van der Waals surface area contributed by atoms with Gasteiger partial charge in [0.2, 0.25) is 0 Å². The lowest BCUT2D eigenvalue weighted by atomic mass is 10.3. The second-order valence-electron chi connectivity index (χ2n) is 2.62. The second-order valence-corrected chi connectivity index (χ2v) is 2.62. The van der Waals surface area contributed by atoms with Crippen LogP contribution in [0, 0.1) is 6.92 Å². The van der Waals surface area contributed by atoms with Crippen LogP contribution in [0.2, 0.25) is 0 Å². The molecule has 0 aliphatic heterocycles. The molecule has 0 aromatic carbocycles. The Morgan fingerprint density at radius 1 is 1.50 bits per heavy atom. The lowest BCUT2D eigenvalue weighted by Crippen LogP contribution is -2.29. The van der Waals surface area contributed by atoms with Crippen LogP contribution in [0.15, 0.2) is 12.4 Å². The van der Waals surface area contributed by atoms with E-state index in [1.54, 1.807) is 6.92 Å². The SMILES string of the molecule is Cc1cc(C(=O)NCC(=O)O)ncn1. The molecule has 1 rings (SSSR count). The molecule has 0 atom stereocenters. The maximum absolute atomic E-state index is 11.2. The monoisotopic (exact) mass is 195 g/mol. The lowest BCUT2D eigenvalue weighted by molar-refractivity contribution is -0.135. The number of carboxylic acid groups (broad SMARTS) is 1. The van der Waals surface area contributed by atoms with Gasteiger partial charge in [0, 0.05) is 5.69 Å². The average molecular weight is 195 g/mol. The molecule has 0 bridgehead atoms. The largest absolute Gasteiger partial charge is 0.480 e. The highest BCUT2D eigenvalue weighted by molar-refractivity contribution is 5.93. The Morgan fingerprint density at radius 3 is 2.79 bits per heavy atom. The van der Waals surface area contributed by atoms with Gasteiger partial charge in [0.1, 0.15) is 18.6 Å². The molecule has 74 valence electrons. The molecule has 1 heterocycles. The molecule has 0 aliphatic rings. The number of nitrogens with one attached hydrogen (secondary N) is 1. The van der Waals surface area contributed by atoms with Gasteiger partial charge < -0.3 is 10.4 Å². The highest BCUT2D eigenvalue weighted by atomic mass is 16.4. The maximum Gasteiger partial charge on any atom is 0.322 e. The molecule has 0 spiro atoms. The Bertz CT molecular complexity index is 365. The smallest absolute Gasteiger partial charge is 0.322 e. The van der Waals surface area contributed by atoms with E-state index in [4.69, 9.17) is 5.11 Å². The average Bonchev–Trinajstić information content (AvgIpc) is 2.14. The molecule has 0 aliphatic carbocycles. The van der Waals surface area contributed by atoms with Gasteiger partial charge >= 0.3 is 5.97 Å². The Hall–Kier alpha value is -1.98. The normalized spacial score (nSPS) is 9.50. The minimum absolute atomic E-state index is 0.166. The number of carboxylic acids is 1. The van der Waals surface area contributed by atoms with E-state index in [1.165, 1.54) is 12.4 Å². The summed E-state index contributed by atoms with van der Waals surface area (Å²) in [6.07, 6.45) is 1.25. The number of carbonyl (C=O) groups is 2. The number of amides is 1. The van der Waals surface area contributed by atoms with Crippen LogP contribution in [0.1, 0.15) is 16.2 Å². The van der Waals surface area contributed by atoms with Gasteiger partial charge in [-0.2, -0.15) is 0 Å². The first-order chi connectivity index (χ1) is 6.59. The summed E-state index contributed by atoms with van der Waals surface area (Å²) in [7, 11) is 0. The fraction of sp³-hybridized carbons (Fsp3) is 0.250. The highest BCUT2D eigenvalue weighted by Crippen LogP contribution is 1.95. The van der Waals surface area contributed by atoms with E-state index in [0.717, 1.165) is 0 Å². The van der Waals surface area contributed by atoms with Crippen LogP contribution in [0.5, 0.6) is 0 Å². The maximum atomic E-state index is 11.2. The van der Waals surface area contributed by atoms with Crippen LogP contribution in [0.25, 0.3) is 0 Å². The number of aryl methyl sites for hydroxylation is 1. The first-order valence-corrected chi connectivity index (χ1v) is 3.88. The topological polar surface area (TPSA) is 92.2 Å². The number of carbonyl (C=O) groups excluding carboxylic acids is 1. The molecule has 2 N–H and O–H groups in total. The minimum Gasteiger partial charge on any atom is -0.480 e. The molecular weight excluding hydrogens is 186 g/mol. The third-order valence-electron chi connectivity index (χ3n) is 1.44. The number of nitrogens with zero attached hydrogens (tertiary/aromatic N) is 2. The predicted molar refractivity (Wildman–Crippen MR) is 46.7 cm³/mol. The van der Waals surface area contributed by atoms with Crippen LogP contribution in [-0.2, 0) is 4.79 Å². The van der Waals surface area contributed by atoms with Crippen molar-refractivity contribution < 1.29 is 14.7 Å². The number of hydrogen-bond donors (Lipinski definition) is 2. The van der Waals surface area contributed by atoms with Crippen LogP contribution in [0.4, 0.5) is 0 Å². The summed E-state index contributed by atoms with van der Waals surface area (Å²) in [5.74, 6) is -1.61. The van der Waals surface area contributed by atoms with Gasteiger partial charge in [-0.05, 0) is 13.0 Å². The molecule has 6 nitrogen and oxygen atoms in total. The Labute approximate surface area is 80.0 Å². The van der Waals surface area contributed by atoms with Crippen LogP contribution >= 0.6 is 0 Å². The van der Waals surface area contributed by atoms with Crippen molar-refractivity contribution in [1.29, 1.82) is 0 Å². The van der Waals surface area contributed by atoms with E-state index in [2.05, 4.69) is 15.3 Å². The van der Waals surface area contributed by atoms with Crippen LogP contribution < -0.4 is 5.32 Å². The van der Waals surface area contributed by atoms with Gasteiger partial charge in [0.25, 0.3) is 5.91 Å². The summed E-state index contributed by atoms with van der Waals surface area (Å²) in [6.45, 7) is 1.30. The number of aromatic nitrogens is 2. The first kappa shape index (κ1) is 10.1. The first-order valence-electron chi connectivity index (χ1n) is 3.88. The summed E-state index contributed by atoms with van der Waals surface area (Å²) in [4.78, 5) is 28.9. The summed E-state index contributed by atoms with van der Waals surface area (Å²) < 4.78 is 0. The van der Waals surface area contributed by atoms with Gasteiger partial charge in [0.15, 0.2) is 0 Å². The molecule has 0 saturated heterocycles. The van der Waals surface area contributed by atoms with E-state index in [0.29, 0.717) is 5.69 Å². The van der Waals surface area contributed by atoms with E-state index < -0.39 is 18.4 Å². The Balaban J connectivity index is 2.65. The second kappa shape index (κ2) is 4.31. The molecule has 0 saturated carbocycles. The van der Waals surface area contributed by atoms with Gasteiger partial charge in [-0.25, -0.2) is 9.97 Å². The van der Waals surface area contributed by atoms with Crippen molar-refractivity contribution in [2.45, 2.75) is 6.92 Å². The highest BCUT2D eigenvalue weighted by Gasteiger charge is 2.08. The molecule has 6 heteroatoms. The van der Waals surface area contributed by atoms with E-state index in [1.807, 2.05) is 0 Å². The van der Waals surface area contributed by atoms with Gasteiger partial charge in [0.05, 0.1) is 0 Å². The quantitative estimate of drug-likeness (QED) is 0.684. The van der Waals surface area contributed by atoms with Crippen molar-refractivity contribution in [2.75, 3.05) is 6.54 Å². The zero-order valence-electron chi connectivity index (χ0n) is 7.52. The fourth-order valence-electron chi connectivity index (χ4n) is 0.825. The lowest BCUT2D eigenvalue weighted by Gasteiger charge is -2.01. The number of aliphatic carboxylic acids is 1. The molecule has 0 radical (unpaired) electrons. The molecule has 0 fully saturated rings. The number of rotatable bonds is 3. The molecule has 1 amide bonds. The van der Waals surface area contributed by atoms with Gasteiger partial charge in [-0.15, -0.1) is 0 Å². The minimum atomic E-state index is -1.09. The van der Waals surface area contributed by atoms with Crippen LogP contribution in [-0.4, -0.2) is 33.5 Å². The van der Waals surface area contributed by atoms with E-state index >= 15 is 0 Å². The van der Waals surface area contributed by atoms with Crippen molar-refractivity contribution in [1.82, 2.24) is 15.3 Å². The molecule has 1 aromatic rings. The predicted octanol–water partition coefficient (Wildman–Crippen LogP) is -0.401. The third kappa shape index (κ3) is 2.81. The number of hydrogen-bond acceptors (Lipinski definition) is 4. The van der Waals surface area contributed by atoms with Gasteiger partial charge in [-0.3, -0.25) is 9.59 Å². The third-order valence-corrected chi connectivity index (χ3v) is 1.44. The Morgan fingerprint density at radius 2 is 2.21 bits per heavy atom. The van der Waals surface area contributed by atoms with Crippen LogP contribution in [0.3, 0.4) is 0 Å². The van der Waals surface area contributed by atoms with Crippen molar-refractivity contribution in [2.24, 2.45) is 0 Å². The van der Waals surface area contributed by atoms with Gasteiger partial charge in [-0.1, -0.05) is 0 Å². The standard InChI is InChI=1S/C8H9N3O3/c1-5-2-6(11-4-10-5)8(14)9-3-7(12)13/h2,4H,3H2,1H3,(H,9,14)(H,12,13). The molecule has 14 heavy (non-hydrogen) atoms. The zero-order valence-corrected chi connectivity index (χ0v) is 7.52. The summed E-state index contributed by atoms with van der Waals surface area (Å²) in [5, 5.41) is 10.5. The molecule has 0 unspecified atom stereocenters. The van der Waals surface area contributed by atoms with E-state index in [-0.39, 0.29) is 5.69 Å². The fourth-order valence-corrected chi connectivity index (χ4v) is 0.825. The Kier molecular flexibility index (Phi) is 3.11. The van der Waals surface area contributed by atoms with E-state index in [9.17, 15) is 9.59 Å². The summed E-state index contributed by atoms with van der Waals surface area (Å²) >= 11 is 0. The van der Waals surface area contributed by atoms with Crippen molar-refractivity contribution >= 4 is 11.9 Å². The summed E-state index contributed by atoms with van der Waals surface area (Å²) in [5.41, 5.74) is 0.819. The van der Waals surface area contributed by atoms with Crippen molar-refractivity contribution in [3.63, 3.8) is 0 Å². The van der Waals surface area contributed by atoms with Crippen molar-refractivity contribution in [3.05, 3.63) is 23.8 Å². The molecular formula is C8H9N3O3. The van der Waals surface area contributed by atoms with Crippen molar-refractivity contribution in [3.8, 4) is 0 Å². The zero-order chi connectivity index (χ0) is 10.6. The molecule has 1 aromatic heterocycles.